The topological polar surface area (TPSA) is 78.9 Å². The minimum Gasteiger partial charge on any atom is -0.462 e. The Morgan fingerprint density at radius 3 is 0.947 bits per heavy atom. The summed E-state index contributed by atoms with van der Waals surface area (Å²) in [5.74, 6) is -1.06. The third-order valence-corrected chi connectivity index (χ3v) is 13.0. The summed E-state index contributed by atoms with van der Waals surface area (Å²) < 4.78 is 16.8. The van der Waals surface area contributed by atoms with Crippen LogP contribution in [0.25, 0.3) is 0 Å². The Bertz CT molecular complexity index is 1570. The highest BCUT2D eigenvalue weighted by molar-refractivity contribution is 5.72. The van der Waals surface area contributed by atoms with Crippen LogP contribution < -0.4 is 0 Å². The first-order valence-electron chi connectivity index (χ1n) is 31.0. The van der Waals surface area contributed by atoms with Gasteiger partial charge < -0.3 is 14.2 Å². The number of rotatable bonds is 55. The molecule has 0 radical (unpaired) electrons. The fraction of sp³-hybridized carbons (Fsp3) is 0.667. The molecule has 0 aliphatic carbocycles. The number of hydrogen-bond acceptors (Lipinski definition) is 6. The fourth-order valence-electron chi connectivity index (χ4n) is 8.38. The Kier molecular flexibility index (Phi) is 58.9. The molecule has 1 unspecified atom stereocenters. The van der Waals surface area contributed by atoms with Gasteiger partial charge >= 0.3 is 17.9 Å². The molecule has 0 spiro atoms. The van der Waals surface area contributed by atoms with Crippen LogP contribution in [0, 0.1) is 0 Å². The SMILES string of the molecule is CC/C=C\C/C=C\C/C=C\C/C=C\C/C=C\CC(=O)OCC(COC(=O)CCCCCCCCCC/C=C\C/C=C\C/C=C\C/C=C\CC)OC(=O)CCCCCCCCCCC/C=C\CCCCCCCCCC. The zero-order valence-corrected chi connectivity index (χ0v) is 48.8. The molecule has 6 heteroatoms. The molecule has 426 valence electrons. The second-order valence-corrected chi connectivity index (χ2v) is 20.2. The standard InChI is InChI=1S/C69H114O6/c1-4-7-10-13-16-19-22-25-28-30-32-34-36-38-41-44-47-50-53-56-59-62-68(71)74-65-66(64-73-67(70)61-58-55-52-49-46-43-40-27-24-21-18-15-12-9-6-3)75-69(72)63-60-57-54-51-48-45-42-39-37-35-33-31-29-26-23-20-17-14-11-8-5-2/h7,9-10,12,16,18-19,21,25,27-28,31-34,40,46,49,55,58,66H,4-6,8,11,13-15,17,20,22-24,26,29-30,35-39,41-45,47-48,50-54,56-57,59-65H2,1-3H3/b10-7-,12-9-,19-16-,21-18-,28-25-,33-31-,34-32-,40-27-,49-46-,58-55-. The lowest BCUT2D eigenvalue weighted by Crippen LogP contribution is -2.30. The molecule has 0 aromatic carbocycles. The summed E-state index contributed by atoms with van der Waals surface area (Å²) in [5, 5.41) is 0. The lowest BCUT2D eigenvalue weighted by Gasteiger charge is -2.18. The van der Waals surface area contributed by atoms with Crippen molar-refractivity contribution in [3.8, 4) is 0 Å². The number of ether oxygens (including phenoxy) is 3. The fourth-order valence-corrected chi connectivity index (χ4v) is 8.38. The molecule has 0 saturated heterocycles. The van der Waals surface area contributed by atoms with Gasteiger partial charge in [-0.15, -0.1) is 0 Å². The molecule has 0 aliphatic rings. The third-order valence-electron chi connectivity index (χ3n) is 13.0. The Morgan fingerprint density at radius 2 is 0.573 bits per heavy atom. The maximum Gasteiger partial charge on any atom is 0.309 e. The predicted molar refractivity (Wildman–Crippen MR) is 325 cm³/mol. The number of esters is 3. The van der Waals surface area contributed by atoms with Crippen molar-refractivity contribution in [2.45, 2.75) is 284 Å². The van der Waals surface area contributed by atoms with Gasteiger partial charge in [0.05, 0.1) is 6.42 Å². The van der Waals surface area contributed by atoms with Crippen molar-refractivity contribution in [1.82, 2.24) is 0 Å². The van der Waals surface area contributed by atoms with Crippen molar-refractivity contribution in [2.75, 3.05) is 13.2 Å². The minimum absolute atomic E-state index is 0.115. The maximum atomic E-state index is 12.9. The smallest absolute Gasteiger partial charge is 0.309 e. The Hall–Kier alpha value is -4.19. The largest absolute Gasteiger partial charge is 0.462 e. The van der Waals surface area contributed by atoms with Gasteiger partial charge in [0.1, 0.15) is 13.2 Å². The molecule has 0 heterocycles. The van der Waals surface area contributed by atoms with Crippen LogP contribution in [0.4, 0.5) is 0 Å². The van der Waals surface area contributed by atoms with Crippen molar-refractivity contribution in [1.29, 1.82) is 0 Å². The number of carbonyl (C=O) groups is 3. The van der Waals surface area contributed by atoms with Crippen LogP contribution in [0.5, 0.6) is 0 Å². The highest BCUT2D eigenvalue weighted by Gasteiger charge is 2.19. The van der Waals surface area contributed by atoms with Crippen LogP contribution >= 0.6 is 0 Å². The van der Waals surface area contributed by atoms with E-state index >= 15 is 0 Å². The van der Waals surface area contributed by atoms with E-state index in [9.17, 15) is 14.4 Å². The summed E-state index contributed by atoms with van der Waals surface area (Å²) >= 11 is 0. The van der Waals surface area contributed by atoms with Crippen molar-refractivity contribution in [2.24, 2.45) is 0 Å². The Labute approximate surface area is 462 Å². The van der Waals surface area contributed by atoms with E-state index in [-0.39, 0.29) is 31.6 Å². The lowest BCUT2D eigenvalue weighted by atomic mass is 10.1. The molecule has 0 N–H and O–H groups in total. The third kappa shape index (κ3) is 60.6. The molecule has 0 bridgehead atoms. The second-order valence-electron chi connectivity index (χ2n) is 20.2. The maximum absolute atomic E-state index is 12.9. The monoisotopic (exact) mass is 1040 g/mol. The molecule has 0 saturated carbocycles. The average Bonchev–Trinajstić information content (AvgIpc) is 3.41. The Balaban J connectivity index is 4.47. The van der Waals surface area contributed by atoms with Gasteiger partial charge in [-0.3, -0.25) is 14.4 Å². The highest BCUT2D eigenvalue weighted by Crippen LogP contribution is 2.15. The first-order chi connectivity index (χ1) is 37.0. The molecular formula is C69H114O6. The first kappa shape index (κ1) is 70.8. The van der Waals surface area contributed by atoms with E-state index in [0.29, 0.717) is 12.8 Å². The summed E-state index contributed by atoms with van der Waals surface area (Å²) in [7, 11) is 0. The van der Waals surface area contributed by atoms with Crippen molar-refractivity contribution in [3.63, 3.8) is 0 Å². The number of unbranched alkanes of at least 4 members (excludes halogenated alkanes) is 25. The molecule has 0 fully saturated rings. The molecule has 1 atom stereocenters. The van der Waals surface area contributed by atoms with Crippen LogP contribution in [0.15, 0.2) is 122 Å². The van der Waals surface area contributed by atoms with Crippen LogP contribution in [-0.2, 0) is 28.6 Å². The van der Waals surface area contributed by atoms with Crippen molar-refractivity contribution < 1.29 is 28.6 Å². The second kappa shape index (κ2) is 62.4. The summed E-state index contributed by atoms with van der Waals surface area (Å²) in [5.41, 5.74) is 0. The summed E-state index contributed by atoms with van der Waals surface area (Å²) in [6, 6.07) is 0. The van der Waals surface area contributed by atoms with Crippen LogP contribution in [0.3, 0.4) is 0 Å². The van der Waals surface area contributed by atoms with Crippen LogP contribution in [0.2, 0.25) is 0 Å². The minimum atomic E-state index is -0.827. The summed E-state index contributed by atoms with van der Waals surface area (Å²) in [6.07, 6.45) is 86.5. The predicted octanol–water partition coefficient (Wildman–Crippen LogP) is 21.2. The molecule has 75 heavy (non-hydrogen) atoms. The molecular weight excluding hydrogens is 925 g/mol. The van der Waals surface area contributed by atoms with E-state index in [4.69, 9.17) is 14.2 Å². The molecule has 6 nitrogen and oxygen atoms in total. The van der Waals surface area contributed by atoms with Crippen LogP contribution in [0.1, 0.15) is 278 Å². The van der Waals surface area contributed by atoms with E-state index < -0.39 is 12.1 Å². The molecule has 0 aromatic rings. The number of allylic oxidation sites excluding steroid dienone is 19. The van der Waals surface area contributed by atoms with E-state index in [1.54, 1.807) is 6.08 Å². The van der Waals surface area contributed by atoms with E-state index in [0.717, 1.165) is 103 Å². The van der Waals surface area contributed by atoms with Gasteiger partial charge in [-0.25, -0.2) is 0 Å². The average molecular weight is 1040 g/mol. The van der Waals surface area contributed by atoms with Gasteiger partial charge in [0.2, 0.25) is 0 Å². The lowest BCUT2D eigenvalue weighted by molar-refractivity contribution is -0.166. The van der Waals surface area contributed by atoms with Gasteiger partial charge in [0.25, 0.3) is 0 Å². The highest BCUT2D eigenvalue weighted by atomic mass is 16.6. The van der Waals surface area contributed by atoms with Gasteiger partial charge in [0, 0.05) is 12.8 Å². The summed E-state index contributed by atoms with van der Waals surface area (Å²) in [4.78, 5) is 38.2. The van der Waals surface area contributed by atoms with E-state index in [2.05, 4.69) is 130 Å². The van der Waals surface area contributed by atoms with Crippen molar-refractivity contribution in [3.05, 3.63) is 122 Å². The number of hydrogen-bond donors (Lipinski definition) is 0. The number of carbonyl (C=O) groups excluding carboxylic acids is 3. The Morgan fingerprint density at radius 1 is 0.293 bits per heavy atom. The van der Waals surface area contributed by atoms with Gasteiger partial charge in [-0.2, -0.15) is 0 Å². The van der Waals surface area contributed by atoms with E-state index in [1.807, 2.05) is 6.08 Å². The molecule has 0 amide bonds. The van der Waals surface area contributed by atoms with Gasteiger partial charge in [-0.1, -0.05) is 271 Å². The quantitative estimate of drug-likeness (QED) is 0.0261. The molecule has 0 aromatic heterocycles. The normalized spacial score (nSPS) is 12.9. The van der Waals surface area contributed by atoms with E-state index in [1.165, 1.54) is 135 Å². The van der Waals surface area contributed by atoms with Gasteiger partial charge in [-0.05, 0) is 109 Å². The van der Waals surface area contributed by atoms with Crippen molar-refractivity contribution >= 4 is 17.9 Å². The molecule has 0 aliphatic heterocycles. The van der Waals surface area contributed by atoms with Crippen LogP contribution in [-0.4, -0.2) is 37.2 Å². The summed E-state index contributed by atoms with van der Waals surface area (Å²) in [6.45, 7) is 6.33. The zero-order valence-electron chi connectivity index (χ0n) is 48.8. The zero-order chi connectivity index (χ0) is 54.3. The molecule has 0 rings (SSSR count). The van der Waals surface area contributed by atoms with Gasteiger partial charge in [0.15, 0.2) is 6.10 Å². The first-order valence-corrected chi connectivity index (χ1v) is 31.0.